The predicted molar refractivity (Wildman–Crippen MR) is 101 cm³/mol. The van der Waals surface area contributed by atoms with Gasteiger partial charge in [-0.1, -0.05) is 6.92 Å². The molecule has 140 valence electrons. The molecular weight excluding hydrogens is 356 g/mol. The highest BCUT2D eigenvalue weighted by Gasteiger charge is 2.20. The lowest BCUT2D eigenvalue weighted by molar-refractivity contribution is -0.384. The van der Waals surface area contributed by atoms with Gasteiger partial charge >= 0.3 is 0 Å². The number of benzene rings is 1. The molecule has 0 unspecified atom stereocenters. The third-order valence-corrected chi connectivity index (χ3v) is 4.75. The summed E-state index contributed by atoms with van der Waals surface area (Å²) in [4.78, 5) is 29.4. The van der Waals surface area contributed by atoms with Crippen molar-refractivity contribution in [3.8, 4) is 0 Å². The first kappa shape index (κ1) is 19.8. The Bertz CT molecular complexity index is 778. The van der Waals surface area contributed by atoms with Crippen LogP contribution in [0.5, 0.6) is 0 Å². The molecular formula is C17H22N4O4S. The first-order chi connectivity index (χ1) is 12.5. The summed E-state index contributed by atoms with van der Waals surface area (Å²) in [5.41, 5.74) is 1.30. The van der Waals surface area contributed by atoms with Crippen LogP contribution in [-0.4, -0.2) is 48.0 Å². The average Bonchev–Trinajstić information content (AvgIpc) is 3.08. The molecule has 0 aliphatic carbocycles. The molecule has 0 saturated heterocycles. The van der Waals surface area contributed by atoms with E-state index in [1.807, 2.05) is 12.3 Å². The van der Waals surface area contributed by atoms with Gasteiger partial charge in [0.2, 0.25) is 0 Å². The van der Waals surface area contributed by atoms with Crippen molar-refractivity contribution in [1.82, 2.24) is 9.88 Å². The fourth-order valence-corrected chi connectivity index (χ4v) is 3.11. The number of carbonyl (C=O) groups excluding carboxylic acids is 1. The number of nitrogens with zero attached hydrogens (tertiary/aromatic N) is 3. The van der Waals surface area contributed by atoms with Gasteiger partial charge in [0.25, 0.3) is 11.6 Å². The highest BCUT2D eigenvalue weighted by molar-refractivity contribution is 7.09. The Balaban J connectivity index is 2.14. The van der Waals surface area contributed by atoms with Gasteiger partial charge in [-0.25, -0.2) is 4.98 Å². The summed E-state index contributed by atoms with van der Waals surface area (Å²) in [5, 5.41) is 17.2. The van der Waals surface area contributed by atoms with E-state index < -0.39 is 4.92 Å². The summed E-state index contributed by atoms with van der Waals surface area (Å²) >= 11 is 1.56. The molecule has 2 rings (SSSR count). The third kappa shape index (κ3) is 4.99. The van der Waals surface area contributed by atoms with Gasteiger partial charge < -0.3 is 15.0 Å². The summed E-state index contributed by atoms with van der Waals surface area (Å²) < 4.78 is 4.93. The van der Waals surface area contributed by atoms with Crippen molar-refractivity contribution in [3.63, 3.8) is 0 Å². The lowest BCUT2D eigenvalue weighted by Crippen LogP contribution is -2.26. The van der Waals surface area contributed by atoms with Crippen LogP contribution in [0.2, 0.25) is 0 Å². The lowest BCUT2D eigenvalue weighted by atomic mass is 10.1. The van der Waals surface area contributed by atoms with Crippen LogP contribution in [0.4, 0.5) is 11.4 Å². The zero-order valence-electron chi connectivity index (χ0n) is 15.0. The number of hydrogen-bond donors (Lipinski definition) is 1. The Hall–Kier alpha value is -2.52. The van der Waals surface area contributed by atoms with Gasteiger partial charge in [-0.15, -0.1) is 11.3 Å². The van der Waals surface area contributed by atoms with Crippen molar-refractivity contribution < 1.29 is 14.5 Å². The Morgan fingerprint density at radius 2 is 2.23 bits per heavy atom. The number of nitro benzene ring substituents is 1. The van der Waals surface area contributed by atoms with Crippen molar-refractivity contribution in [2.45, 2.75) is 19.9 Å². The maximum absolute atomic E-state index is 12.6. The second-order valence-corrected chi connectivity index (χ2v) is 6.60. The molecule has 1 aromatic carbocycles. The quantitative estimate of drug-likeness (QED) is 0.409. The van der Waals surface area contributed by atoms with Gasteiger partial charge in [0, 0.05) is 37.7 Å². The van der Waals surface area contributed by atoms with Crippen LogP contribution < -0.4 is 5.32 Å². The number of thiazole rings is 1. The topological polar surface area (TPSA) is 97.6 Å². The molecule has 9 heteroatoms. The van der Waals surface area contributed by atoms with Gasteiger partial charge in [0.05, 0.1) is 28.8 Å². The Morgan fingerprint density at radius 3 is 2.85 bits per heavy atom. The van der Waals surface area contributed by atoms with Crippen LogP contribution in [-0.2, 0) is 17.7 Å². The minimum absolute atomic E-state index is 0.137. The maximum Gasteiger partial charge on any atom is 0.293 e. The monoisotopic (exact) mass is 378 g/mol. The number of carbonyl (C=O) groups is 1. The van der Waals surface area contributed by atoms with Gasteiger partial charge in [-0.2, -0.15) is 0 Å². The van der Waals surface area contributed by atoms with Crippen LogP contribution in [0.15, 0.2) is 23.6 Å². The lowest BCUT2D eigenvalue weighted by Gasteiger charge is -2.16. The summed E-state index contributed by atoms with van der Waals surface area (Å²) in [7, 11) is 3.21. The second-order valence-electron chi connectivity index (χ2n) is 5.66. The van der Waals surface area contributed by atoms with E-state index >= 15 is 0 Å². The van der Waals surface area contributed by atoms with Crippen LogP contribution in [0.1, 0.15) is 28.0 Å². The largest absolute Gasteiger partial charge is 0.383 e. The summed E-state index contributed by atoms with van der Waals surface area (Å²) in [6.07, 6.45) is 0.853. The van der Waals surface area contributed by atoms with Crippen LogP contribution in [0.25, 0.3) is 0 Å². The molecule has 0 atom stereocenters. The molecule has 2 aromatic rings. The standard InChI is InChI=1S/C17H22N4O4S/c1-4-16-19-13(11-26-16)10-20(2)17(22)12-5-6-14(18-7-8-25-3)15(9-12)21(23)24/h5-6,9,11,18H,4,7-8,10H2,1-3H3. The number of anilines is 1. The number of aryl methyl sites for hydroxylation is 1. The van der Waals surface area contributed by atoms with E-state index in [4.69, 9.17) is 4.74 Å². The smallest absolute Gasteiger partial charge is 0.293 e. The molecule has 0 saturated carbocycles. The zero-order valence-corrected chi connectivity index (χ0v) is 15.8. The summed E-state index contributed by atoms with van der Waals surface area (Å²) in [5.74, 6) is -0.289. The molecule has 0 spiro atoms. The van der Waals surface area contributed by atoms with Crippen molar-refractivity contribution >= 4 is 28.6 Å². The summed E-state index contributed by atoms with van der Waals surface area (Å²) in [6.45, 7) is 3.25. The number of amides is 1. The fourth-order valence-electron chi connectivity index (χ4n) is 2.37. The van der Waals surface area contributed by atoms with E-state index in [9.17, 15) is 14.9 Å². The molecule has 26 heavy (non-hydrogen) atoms. The van der Waals surface area contributed by atoms with Gasteiger partial charge in [0.15, 0.2) is 0 Å². The first-order valence-corrected chi connectivity index (χ1v) is 9.04. The minimum Gasteiger partial charge on any atom is -0.383 e. The third-order valence-electron chi connectivity index (χ3n) is 3.71. The van der Waals surface area contributed by atoms with E-state index in [-0.39, 0.29) is 17.2 Å². The molecule has 8 nitrogen and oxygen atoms in total. The molecule has 1 aromatic heterocycles. The fraction of sp³-hybridized carbons (Fsp3) is 0.412. The molecule has 0 aliphatic heterocycles. The van der Waals surface area contributed by atoms with E-state index in [2.05, 4.69) is 10.3 Å². The molecule has 0 aliphatic rings. The SMILES string of the molecule is CCc1nc(CN(C)C(=O)c2ccc(NCCOC)c([N+](=O)[O-])c2)cs1. The van der Waals surface area contributed by atoms with E-state index in [1.54, 1.807) is 37.6 Å². The number of nitrogens with one attached hydrogen (secondary N) is 1. The van der Waals surface area contributed by atoms with Crippen molar-refractivity contribution in [1.29, 1.82) is 0 Å². The summed E-state index contributed by atoms with van der Waals surface area (Å²) in [6, 6.07) is 4.43. The van der Waals surface area contributed by atoms with E-state index in [0.29, 0.717) is 25.4 Å². The molecule has 0 radical (unpaired) electrons. The Labute approximate surface area is 156 Å². The zero-order chi connectivity index (χ0) is 19.1. The number of aromatic nitrogens is 1. The first-order valence-electron chi connectivity index (χ1n) is 8.16. The van der Waals surface area contributed by atoms with Gasteiger partial charge in [-0.05, 0) is 18.6 Å². The number of hydrogen-bond acceptors (Lipinski definition) is 7. The van der Waals surface area contributed by atoms with Crippen LogP contribution >= 0.6 is 11.3 Å². The van der Waals surface area contributed by atoms with Crippen LogP contribution in [0.3, 0.4) is 0 Å². The molecule has 0 bridgehead atoms. The predicted octanol–water partition coefficient (Wildman–Crippen LogP) is 2.94. The highest BCUT2D eigenvalue weighted by Crippen LogP contribution is 2.26. The molecule has 1 N–H and O–H groups in total. The second kappa shape index (κ2) is 9.25. The van der Waals surface area contributed by atoms with Crippen LogP contribution in [0, 0.1) is 10.1 Å². The van der Waals surface area contributed by atoms with Crippen molar-refractivity contribution in [2.75, 3.05) is 32.6 Å². The number of nitro groups is 1. The number of methoxy groups -OCH3 is 1. The Kier molecular flexibility index (Phi) is 7.05. The highest BCUT2D eigenvalue weighted by atomic mass is 32.1. The maximum atomic E-state index is 12.6. The average molecular weight is 378 g/mol. The van der Waals surface area contributed by atoms with E-state index in [0.717, 1.165) is 17.1 Å². The van der Waals surface area contributed by atoms with Crippen molar-refractivity contribution in [2.24, 2.45) is 0 Å². The molecule has 1 heterocycles. The van der Waals surface area contributed by atoms with Gasteiger partial charge in [-0.3, -0.25) is 14.9 Å². The van der Waals surface area contributed by atoms with Crippen molar-refractivity contribution in [3.05, 3.63) is 50.0 Å². The number of rotatable bonds is 9. The number of ether oxygens (including phenoxy) is 1. The molecule has 0 fully saturated rings. The Morgan fingerprint density at radius 1 is 1.46 bits per heavy atom. The molecule has 1 amide bonds. The van der Waals surface area contributed by atoms with E-state index in [1.165, 1.54) is 11.0 Å². The normalized spacial score (nSPS) is 10.6. The van der Waals surface area contributed by atoms with Gasteiger partial charge in [0.1, 0.15) is 5.69 Å². The minimum atomic E-state index is -0.500.